The van der Waals surface area contributed by atoms with Gasteiger partial charge in [0.05, 0.1) is 12.6 Å². The molecule has 0 spiro atoms. The lowest BCUT2D eigenvalue weighted by Gasteiger charge is -2.22. The predicted octanol–water partition coefficient (Wildman–Crippen LogP) is 1.94. The van der Waals surface area contributed by atoms with E-state index in [1.807, 2.05) is 6.92 Å². The molecule has 1 fully saturated rings. The van der Waals surface area contributed by atoms with Gasteiger partial charge in [0.1, 0.15) is 0 Å². The average Bonchev–Trinajstić information content (AvgIpc) is 3.10. The molecule has 2 rings (SSSR count). The van der Waals surface area contributed by atoms with Crippen molar-refractivity contribution >= 4 is 17.2 Å². The van der Waals surface area contributed by atoms with E-state index in [1.54, 1.807) is 18.4 Å². The molecule has 1 aromatic rings. The van der Waals surface area contributed by atoms with Crippen molar-refractivity contribution in [2.75, 3.05) is 20.3 Å². The zero-order chi connectivity index (χ0) is 13.7. The maximum atomic E-state index is 11.9. The second kappa shape index (κ2) is 7.03. The van der Waals surface area contributed by atoms with Crippen LogP contribution in [0.15, 0.2) is 17.5 Å². The van der Waals surface area contributed by atoms with Crippen LogP contribution in [0.25, 0.3) is 0 Å². The minimum Gasteiger partial charge on any atom is -0.383 e. The monoisotopic (exact) mass is 282 g/mol. The van der Waals surface area contributed by atoms with Gasteiger partial charge in [0, 0.05) is 24.6 Å². The molecule has 106 valence electrons. The number of ether oxygens (including phenoxy) is 1. The van der Waals surface area contributed by atoms with Crippen LogP contribution in [-0.2, 0) is 9.53 Å². The lowest BCUT2D eigenvalue weighted by atomic mass is 10.1. The van der Waals surface area contributed by atoms with Crippen LogP contribution in [0.2, 0.25) is 0 Å². The van der Waals surface area contributed by atoms with Gasteiger partial charge in [-0.05, 0) is 37.1 Å². The minimum atomic E-state index is -0.176. The largest absolute Gasteiger partial charge is 0.383 e. The first kappa shape index (κ1) is 14.5. The van der Waals surface area contributed by atoms with Crippen LogP contribution in [0, 0.1) is 5.92 Å². The highest BCUT2D eigenvalue weighted by Gasteiger charge is 2.34. The Morgan fingerprint density at radius 3 is 2.95 bits per heavy atom. The quantitative estimate of drug-likeness (QED) is 0.716. The molecule has 2 unspecified atom stereocenters. The first-order chi connectivity index (χ1) is 9.22. The lowest BCUT2D eigenvalue weighted by Crippen LogP contribution is -2.44. The van der Waals surface area contributed by atoms with Crippen LogP contribution in [0.1, 0.15) is 30.7 Å². The van der Waals surface area contributed by atoms with Crippen molar-refractivity contribution in [3.8, 4) is 0 Å². The fourth-order valence-electron chi connectivity index (χ4n) is 2.12. The van der Waals surface area contributed by atoms with E-state index in [2.05, 4.69) is 28.1 Å². The van der Waals surface area contributed by atoms with Crippen LogP contribution in [-0.4, -0.2) is 32.2 Å². The molecule has 0 aliphatic heterocycles. The summed E-state index contributed by atoms with van der Waals surface area (Å²) in [5.74, 6) is 0.729. The van der Waals surface area contributed by atoms with Gasteiger partial charge in [-0.25, -0.2) is 0 Å². The highest BCUT2D eigenvalue weighted by molar-refractivity contribution is 7.10. The third-order valence-electron chi connectivity index (χ3n) is 3.37. The zero-order valence-corrected chi connectivity index (χ0v) is 12.3. The molecular weight excluding hydrogens is 260 g/mol. The highest BCUT2D eigenvalue weighted by atomic mass is 32.1. The Morgan fingerprint density at radius 1 is 1.58 bits per heavy atom. The van der Waals surface area contributed by atoms with E-state index in [0.29, 0.717) is 25.1 Å². The van der Waals surface area contributed by atoms with E-state index in [4.69, 9.17) is 4.74 Å². The fraction of sp³-hybridized carbons (Fsp3) is 0.643. The molecule has 1 heterocycles. The summed E-state index contributed by atoms with van der Waals surface area (Å²) in [5.41, 5.74) is 0. The first-order valence-electron chi connectivity index (χ1n) is 6.78. The Hall–Kier alpha value is -0.910. The summed E-state index contributed by atoms with van der Waals surface area (Å²) in [5, 5.41) is 8.43. The van der Waals surface area contributed by atoms with Gasteiger partial charge in [0.2, 0.25) is 5.91 Å². The fourth-order valence-corrected chi connectivity index (χ4v) is 3.00. The van der Waals surface area contributed by atoms with Crippen molar-refractivity contribution in [3.05, 3.63) is 22.4 Å². The Bertz CT molecular complexity index is 390. The second-order valence-corrected chi connectivity index (χ2v) is 5.98. The molecule has 19 heavy (non-hydrogen) atoms. The Balaban J connectivity index is 1.85. The second-order valence-electron chi connectivity index (χ2n) is 5.00. The predicted molar refractivity (Wildman–Crippen MR) is 77.3 cm³/mol. The number of nitrogens with one attached hydrogen (secondary N) is 2. The summed E-state index contributed by atoms with van der Waals surface area (Å²) in [7, 11) is 1.63. The number of thiophene rings is 1. The zero-order valence-electron chi connectivity index (χ0n) is 11.5. The third kappa shape index (κ3) is 4.30. The Labute approximate surface area is 118 Å². The molecule has 1 aromatic heterocycles. The van der Waals surface area contributed by atoms with Gasteiger partial charge in [-0.2, -0.15) is 0 Å². The molecule has 0 radical (unpaired) electrons. The third-order valence-corrected chi connectivity index (χ3v) is 4.33. The van der Waals surface area contributed by atoms with Gasteiger partial charge in [0.15, 0.2) is 0 Å². The number of amides is 1. The normalized spacial score (nSPS) is 18.0. The van der Waals surface area contributed by atoms with E-state index in [-0.39, 0.29) is 11.9 Å². The first-order valence-corrected chi connectivity index (χ1v) is 7.66. The average molecular weight is 282 g/mol. The van der Waals surface area contributed by atoms with Crippen LogP contribution >= 0.6 is 11.3 Å². The molecule has 5 heteroatoms. The molecule has 1 aliphatic carbocycles. The highest BCUT2D eigenvalue weighted by Crippen LogP contribution is 2.42. The standard InChI is InChI=1S/C14H22N2O2S/c1-10(14(17)15-7-8-18-2)16-13(11-5-6-11)12-4-3-9-19-12/h3-4,9-11,13,16H,5-8H2,1-2H3,(H,15,17). The summed E-state index contributed by atoms with van der Waals surface area (Å²) in [6, 6.07) is 4.36. The van der Waals surface area contributed by atoms with Crippen LogP contribution < -0.4 is 10.6 Å². The van der Waals surface area contributed by atoms with Crippen molar-refractivity contribution in [1.82, 2.24) is 10.6 Å². The van der Waals surface area contributed by atoms with Gasteiger partial charge >= 0.3 is 0 Å². The van der Waals surface area contributed by atoms with Gasteiger partial charge in [0.25, 0.3) is 0 Å². The van der Waals surface area contributed by atoms with Crippen LogP contribution in [0.5, 0.6) is 0 Å². The molecule has 4 nitrogen and oxygen atoms in total. The van der Waals surface area contributed by atoms with E-state index >= 15 is 0 Å². The number of hydrogen-bond donors (Lipinski definition) is 2. The molecule has 2 atom stereocenters. The molecule has 0 aromatic carbocycles. The molecule has 1 amide bonds. The van der Waals surface area contributed by atoms with Crippen LogP contribution in [0.4, 0.5) is 0 Å². The van der Waals surface area contributed by atoms with Crippen molar-refractivity contribution in [1.29, 1.82) is 0 Å². The van der Waals surface area contributed by atoms with Gasteiger partial charge < -0.3 is 10.1 Å². The maximum Gasteiger partial charge on any atom is 0.236 e. The summed E-state index contributed by atoms with van der Waals surface area (Å²) >= 11 is 1.76. The van der Waals surface area contributed by atoms with Crippen LogP contribution in [0.3, 0.4) is 0 Å². The molecular formula is C14H22N2O2S. The van der Waals surface area contributed by atoms with Gasteiger partial charge in [-0.15, -0.1) is 11.3 Å². The van der Waals surface area contributed by atoms with Gasteiger partial charge in [-0.3, -0.25) is 10.1 Å². The molecule has 0 saturated heterocycles. The number of carbonyl (C=O) groups is 1. The van der Waals surface area contributed by atoms with E-state index in [1.165, 1.54) is 17.7 Å². The SMILES string of the molecule is COCCNC(=O)C(C)NC(c1cccs1)C1CC1. The molecule has 2 N–H and O–H groups in total. The smallest absolute Gasteiger partial charge is 0.236 e. The minimum absolute atomic E-state index is 0.0410. The number of hydrogen-bond acceptors (Lipinski definition) is 4. The molecule has 0 bridgehead atoms. The number of carbonyl (C=O) groups excluding carboxylic acids is 1. The number of rotatable bonds is 8. The topological polar surface area (TPSA) is 50.4 Å². The van der Waals surface area contributed by atoms with Gasteiger partial charge in [-0.1, -0.05) is 6.07 Å². The van der Waals surface area contributed by atoms with Crippen molar-refractivity contribution < 1.29 is 9.53 Å². The maximum absolute atomic E-state index is 11.9. The van der Waals surface area contributed by atoms with E-state index < -0.39 is 0 Å². The summed E-state index contributed by atoms with van der Waals surface area (Å²) in [6.07, 6.45) is 2.52. The van der Waals surface area contributed by atoms with Crippen molar-refractivity contribution in [2.24, 2.45) is 5.92 Å². The lowest BCUT2D eigenvalue weighted by molar-refractivity contribution is -0.123. The Morgan fingerprint density at radius 2 is 2.37 bits per heavy atom. The van der Waals surface area contributed by atoms with E-state index in [0.717, 1.165) is 0 Å². The van der Waals surface area contributed by atoms with Crippen molar-refractivity contribution in [2.45, 2.75) is 31.8 Å². The summed E-state index contributed by atoms with van der Waals surface area (Å²) in [6.45, 7) is 3.04. The Kier molecular flexibility index (Phi) is 5.36. The van der Waals surface area contributed by atoms with E-state index in [9.17, 15) is 4.79 Å². The number of methoxy groups -OCH3 is 1. The molecule has 1 aliphatic rings. The summed E-state index contributed by atoms with van der Waals surface area (Å²) in [4.78, 5) is 13.3. The summed E-state index contributed by atoms with van der Waals surface area (Å²) < 4.78 is 4.93. The molecule has 1 saturated carbocycles. The van der Waals surface area contributed by atoms with Crippen molar-refractivity contribution in [3.63, 3.8) is 0 Å².